The number of aromatic nitrogens is 1. The van der Waals surface area contributed by atoms with Crippen LogP contribution in [0.2, 0.25) is 5.02 Å². The van der Waals surface area contributed by atoms with Crippen LogP contribution in [0.1, 0.15) is 5.56 Å². The molecule has 0 aliphatic rings. The molecular weight excluding hydrogens is 276 g/mol. The number of hydrogen-bond donors (Lipinski definition) is 2. The zero-order chi connectivity index (χ0) is 14.0. The molecule has 0 aliphatic carbocycles. The van der Waals surface area contributed by atoms with Crippen molar-refractivity contribution in [1.29, 1.82) is 0 Å². The molecule has 0 bridgehead atoms. The summed E-state index contributed by atoms with van der Waals surface area (Å²) in [5, 5.41) is 0.290. The number of benzene rings is 1. The Kier molecular flexibility index (Phi) is 3.82. The van der Waals surface area contributed by atoms with Crippen LogP contribution in [0.25, 0.3) is 0 Å². The van der Waals surface area contributed by atoms with Gasteiger partial charge in [-0.2, -0.15) is 4.98 Å². The van der Waals surface area contributed by atoms with Crippen molar-refractivity contribution in [3.05, 3.63) is 46.5 Å². The summed E-state index contributed by atoms with van der Waals surface area (Å²) in [6.45, 7) is 1.82. The largest absolute Gasteiger partial charge is 0.435 e. The van der Waals surface area contributed by atoms with Crippen molar-refractivity contribution in [2.24, 2.45) is 5.84 Å². The number of halogens is 3. The first-order valence-corrected chi connectivity index (χ1v) is 5.65. The summed E-state index contributed by atoms with van der Waals surface area (Å²) in [5.74, 6) is 2.69. The summed E-state index contributed by atoms with van der Waals surface area (Å²) >= 11 is 5.91. The Balaban J connectivity index is 2.40. The summed E-state index contributed by atoms with van der Waals surface area (Å²) in [6, 6.07) is 5.62. The SMILES string of the molecule is Cc1ccc(Cl)c(Oc2nc(NN)c(F)cc2F)c1. The van der Waals surface area contributed by atoms with Gasteiger partial charge in [0, 0.05) is 6.07 Å². The Morgan fingerprint density at radius 1 is 1.26 bits per heavy atom. The van der Waals surface area contributed by atoms with E-state index in [-0.39, 0.29) is 11.6 Å². The Bertz CT molecular complexity index is 622. The summed E-state index contributed by atoms with van der Waals surface area (Å²) < 4.78 is 32.0. The molecule has 4 nitrogen and oxygen atoms in total. The van der Waals surface area contributed by atoms with Crippen molar-refractivity contribution in [2.75, 3.05) is 5.43 Å². The van der Waals surface area contributed by atoms with E-state index in [1.807, 2.05) is 12.3 Å². The summed E-state index contributed by atoms with van der Waals surface area (Å²) in [7, 11) is 0. The van der Waals surface area contributed by atoms with Gasteiger partial charge in [0.05, 0.1) is 5.02 Å². The molecule has 0 saturated carbocycles. The highest BCUT2D eigenvalue weighted by Crippen LogP contribution is 2.31. The fraction of sp³-hybridized carbons (Fsp3) is 0.0833. The van der Waals surface area contributed by atoms with Crippen LogP contribution in [-0.4, -0.2) is 4.98 Å². The van der Waals surface area contributed by atoms with Gasteiger partial charge >= 0.3 is 0 Å². The zero-order valence-corrected chi connectivity index (χ0v) is 10.6. The molecule has 0 fully saturated rings. The van der Waals surface area contributed by atoms with Crippen molar-refractivity contribution < 1.29 is 13.5 Å². The molecule has 7 heteroatoms. The standard InChI is InChI=1S/C12H10ClF2N3O/c1-6-2-3-7(13)10(4-6)19-12-9(15)5-8(14)11(17-12)18-16/h2-5H,16H2,1H3,(H,17,18). The molecule has 1 aromatic heterocycles. The molecule has 2 aromatic rings. The molecule has 1 heterocycles. The first-order valence-electron chi connectivity index (χ1n) is 5.28. The normalized spacial score (nSPS) is 10.4. The molecule has 0 spiro atoms. The number of aryl methyl sites for hydroxylation is 1. The maximum Gasteiger partial charge on any atom is 0.258 e. The number of pyridine rings is 1. The van der Waals surface area contributed by atoms with E-state index in [9.17, 15) is 8.78 Å². The maximum absolute atomic E-state index is 13.5. The number of hydrazine groups is 1. The van der Waals surface area contributed by atoms with Crippen LogP contribution < -0.4 is 16.0 Å². The van der Waals surface area contributed by atoms with E-state index in [2.05, 4.69) is 4.98 Å². The van der Waals surface area contributed by atoms with Crippen LogP contribution in [0, 0.1) is 18.6 Å². The van der Waals surface area contributed by atoms with Gasteiger partial charge in [0.15, 0.2) is 17.5 Å². The first kappa shape index (κ1) is 13.5. The van der Waals surface area contributed by atoms with E-state index in [1.54, 1.807) is 18.2 Å². The molecule has 0 amide bonds. The van der Waals surface area contributed by atoms with Crippen molar-refractivity contribution in [3.63, 3.8) is 0 Å². The fourth-order valence-corrected chi connectivity index (χ4v) is 1.57. The number of nitrogens with two attached hydrogens (primary N) is 1. The van der Waals surface area contributed by atoms with Gasteiger partial charge in [-0.05, 0) is 24.6 Å². The lowest BCUT2D eigenvalue weighted by Gasteiger charge is -2.10. The second kappa shape index (κ2) is 5.38. The summed E-state index contributed by atoms with van der Waals surface area (Å²) in [4.78, 5) is 3.59. The third kappa shape index (κ3) is 2.91. The Hall–Kier alpha value is -1.92. The van der Waals surface area contributed by atoms with Crippen molar-refractivity contribution >= 4 is 17.4 Å². The molecule has 0 aliphatic heterocycles. The van der Waals surface area contributed by atoms with Gasteiger partial charge in [0.2, 0.25) is 0 Å². The van der Waals surface area contributed by atoms with Gasteiger partial charge in [0.25, 0.3) is 5.88 Å². The third-order valence-corrected chi connectivity index (χ3v) is 2.64. The fourth-order valence-electron chi connectivity index (χ4n) is 1.42. The van der Waals surface area contributed by atoms with E-state index in [0.717, 1.165) is 5.56 Å². The molecule has 0 atom stereocenters. The Morgan fingerprint density at radius 2 is 2.00 bits per heavy atom. The lowest BCUT2D eigenvalue weighted by molar-refractivity contribution is 0.418. The smallest absolute Gasteiger partial charge is 0.258 e. The first-order chi connectivity index (χ1) is 9.01. The lowest BCUT2D eigenvalue weighted by Crippen LogP contribution is -2.11. The third-order valence-electron chi connectivity index (χ3n) is 2.33. The van der Waals surface area contributed by atoms with Crippen LogP contribution in [0.15, 0.2) is 24.3 Å². The van der Waals surface area contributed by atoms with Gasteiger partial charge < -0.3 is 10.2 Å². The second-order valence-electron chi connectivity index (χ2n) is 3.79. The monoisotopic (exact) mass is 285 g/mol. The van der Waals surface area contributed by atoms with Crippen LogP contribution in [-0.2, 0) is 0 Å². The van der Waals surface area contributed by atoms with E-state index < -0.39 is 17.5 Å². The summed E-state index contributed by atoms with van der Waals surface area (Å²) in [5.41, 5.74) is 2.88. The van der Waals surface area contributed by atoms with Crippen molar-refractivity contribution in [1.82, 2.24) is 4.98 Å². The molecular formula is C12H10ClF2N3O. The molecule has 2 rings (SSSR count). The quantitative estimate of drug-likeness (QED) is 0.670. The summed E-state index contributed by atoms with van der Waals surface area (Å²) in [6.07, 6.45) is 0. The minimum absolute atomic E-state index is 0.225. The molecule has 3 N–H and O–H groups in total. The molecule has 100 valence electrons. The Morgan fingerprint density at radius 3 is 2.68 bits per heavy atom. The number of nitrogen functional groups attached to an aromatic ring is 1. The van der Waals surface area contributed by atoms with Crippen LogP contribution in [0.4, 0.5) is 14.6 Å². The second-order valence-corrected chi connectivity index (χ2v) is 4.19. The maximum atomic E-state index is 13.5. The van der Waals surface area contributed by atoms with Gasteiger partial charge in [-0.1, -0.05) is 17.7 Å². The van der Waals surface area contributed by atoms with E-state index >= 15 is 0 Å². The average molecular weight is 286 g/mol. The van der Waals surface area contributed by atoms with Crippen LogP contribution in [0.5, 0.6) is 11.6 Å². The van der Waals surface area contributed by atoms with Crippen molar-refractivity contribution in [2.45, 2.75) is 6.92 Å². The molecule has 0 radical (unpaired) electrons. The van der Waals surface area contributed by atoms with Crippen LogP contribution in [0.3, 0.4) is 0 Å². The average Bonchev–Trinajstić information content (AvgIpc) is 2.37. The van der Waals surface area contributed by atoms with E-state index in [4.69, 9.17) is 22.2 Å². The predicted octanol–water partition coefficient (Wildman–Crippen LogP) is 3.40. The molecule has 1 aromatic carbocycles. The molecule has 0 unspecified atom stereocenters. The Labute approximate surface area is 113 Å². The van der Waals surface area contributed by atoms with E-state index in [1.165, 1.54) is 0 Å². The van der Waals surface area contributed by atoms with Crippen molar-refractivity contribution in [3.8, 4) is 11.6 Å². The van der Waals surface area contributed by atoms with Gasteiger partial charge in [-0.3, -0.25) is 0 Å². The number of nitrogens with one attached hydrogen (secondary N) is 1. The number of hydrogen-bond acceptors (Lipinski definition) is 4. The minimum atomic E-state index is -0.950. The highest BCUT2D eigenvalue weighted by molar-refractivity contribution is 6.32. The van der Waals surface area contributed by atoms with E-state index in [0.29, 0.717) is 11.1 Å². The molecule has 0 saturated heterocycles. The van der Waals surface area contributed by atoms with Gasteiger partial charge in [-0.25, -0.2) is 14.6 Å². The molecule has 19 heavy (non-hydrogen) atoms. The highest BCUT2D eigenvalue weighted by Gasteiger charge is 2.14. The topological polar surface area (TPSA) is 60.2 Å². The van der Waals surface area contributed by atoms with Crippen LogP contribution >= 0.6 is 11.6 Å². The highest BCUT2D eigenvalue weighted by atomic mass is 35.5. The number of nitrogens with zero attached hydrogens (tertiary/aromatic N) is 1. The number of ether oxygens (including phenoxy) is 1. The van der Waals surface area contributed by atoms with Gasteiger partial charge in [0.1, 0.15) is 5.75 Å². The lowest BCUT2D eigenvalue weighted by atomic mass is 10.2. The minimum Gasteiger partial charge on any atom is -0.435 e. The zero-order valence-electron chi connectivity index (χ0n) is 9.88. The number of anilines is 1. The number of rotatable bonds is 3. The predicted molar refractivity (Wildman–Crippen MR) is 68.2 cm³/mol. The van der Waals surface area contributed by atoms with Gasteiger partial charge in [-0.15, -0.1) is 0 Å².